The van der Waals surface area contributed by atoms with Crippen LogP contribution in [0.1, 0.15) is 12.5 Å². The van der Waals surface area contributed by atoms with Gasteiger partial charge in [0.2, 0.25) is 5.82 Å². The van der Waals surface area contributed by atoms with E-state index in [2.05, 4.69) is 5.32 Å². The molecule has 0 aromatic heterocycles. The average molecular weight is 411 g/mol. The molecule has 8 nitrogen and oxygen atoms in total. The summed E-state index contributed by atoms with van der Waals surface area (Å²) in [7, 11) is 0. The molecule has 0 fully saturated rings. The molecular weight excluding hydrogens is 395 g/mol. The highest BCUT2D eigenvalue weighted by Gasteiger charge is 2.20. The topological polar surface area (TPSA) is 108 Å². The van der Waals surface area contributed by atoms with Gasteiger partial charge in [0.25, 0.3) is 5.91 Å². The molecule has 0 aliphatic carbocycles. The maximum Gasteiger partial charge on any atom is 0.344 e. The molecule has 10 heteroatoms. The molecule has 2 rings (SSSR count). The predicted molar refractivity (Wildman–Crippen MR) is 98.9 cm³/mol. The first-order valence-electron chi connectivity index (χ1n) is 8.00. The quantitative estimate of drug-likeness (QED) is 0.424. The van der Waals surface area contributed by atoms with Crippen molar-refractivity contribution in [2.45, 2.75) is 20.0 Å². The Morgan fingerprint density at radius 2 is 2.00 bits per heavy atom. The molecule has 2 aromatic rings. The van der Waals surface area contributed by atoms with Gasteiger partial charge in [0.05, 0.1) is 4.92 Å². The molecular formula is C18H16ClFN2O6. The van der Waals surface area contributed by atoms with Gasteiger partial charge in [0.15, 0.2) is 12.7 Å². The summed E-state index contributed by atoms with van der Waals surface area (Å²) in [6.07, 6.45) is -1.20. The molecule has 0 aliphatic rings. The Morgan fingerprint density at radius 3 is 2.64 bits per heavy atom. The van der Waals surface area contributed by atoms with Gasteiger partial charge in [-0.05, 0) is 49.7 Å². The van der Waals surface area contributed by atoms with Crippen molar-refractivity contribution in [1.82, 2.24) is 0 Å². The van der Waals surface area contributed by atoms with Crippen LogP contribution in [-0.4, -0.2) is 29.5 Å². The fourth-order valence-electron chi connectivity index (χ4n) is 2.17. The third-order valence-electron chi connectivity index (χ3n) is 3.57. The van der Waals surface area contributed by atoms with Crippen LogP contribution in [0.4, 0.5) is 15.8 Å². The zero-order chi connectivity index (χ0) is 20.8. The van der Waals surface area contributed by atoms with Gasteiger partial charge >= 0.3 is 11.7 Å². The molecule has 2 aromatic carbocycles. The summed E-state index contributed by atoms with van der Waals surface area (Å²) in [4.78, 5) is 33.8. The van der Waals surface area contributed by atoms with E-state index in [1.165, 1.54) is 6.92 Å². The minimum Gasteiger partial charge on any atom is -0.482 e. The summed E-state index contributed by atoms with van der Waals surface area (Å²) < 4.78 is 23.6. The second kappa shape index (κ2) is 9.14. The number of carbonyl (C=O) groups excluding carboxylic acids is 2. The summed E-state index contributed by atoms with van der Waals surface area (Å²) >= 11 is 5.84. The first-order chi connectivity index (χ1) is 13.2. The van der Waals surface area contributed by atoms with Gasteiger partial charge in [-0.1, -0.05) is 11.6 Å². The minimum absolute atomic E-state index is 0.00552. The average Bonchev–Trinajstić information content (AvgIpc) is 2.62. The number of hydrogen-bond acceptors (Lipinski definition) is 6. The van der Waals surface area contributed by atoms with Crippen LogP contribution in [0.3, 0.4) is 0 Å². The van der Waals surface area contributed by atoms with Gasteiger partial charge in [-0.25, -0.2) is 4.79 Å². The molecule has 0 spiro atoms. The first-order valence-corrected chi connectivity index (χ1v) is 8.38. The first kappa shape index (κ1) is 21.1. The number of anilines is 1. The summed E-state index contributed by atoms with van der Waals surface area (Å²) in [5.41, 5.74) is -0.0628. The van der Waals surface area contributed by atoms with Crippen molar-refractivity contribution < 1.29 is 28.4 Å². The highest BCUT2D eigenvalue weighted by Crippen LogP contribution is 2.23. The normalized spacial score (nSPS) is 11.4. The number of nitrogens with one attached hydrogen (secondary N) is 1. The molecule has 0 heterocycles. The van der Waals surface area contributed by atoms with Gasteiger partial charge in [-0.3, -0.25) is 14.9 Å². The van der Waals surface area contributed by atoms with Gasteiger partial charge in [-0.2, -0.15) is 4.39 Å². The second-order valence-corrected chi connectivity index (χ2v) is 6.18. The van der Waals surface area contributed by atoms with Crippen molar-refractivity contribution in [3.05, 3.63) is 62.9 Å². The van der Waals surface area contributed by atoms with Crippen LogP contribution in [-0.2, 0) is 14.3 Å². The number of nitro benzene ring substituents is 1. The molecule has 0 saturated carbocycles. The predicted octanol–water partition coefficient (Wildman–Crippen LogP) is 3.64. The molecule has 0 radical (unpaired) electrons. The Balaban J connectivity index is 1.90. The van der Waals surface area contributed by atoms with Crippen LogP contribution in [0.5, 0.6) is 5.75 Å². The van der Waals surface area contributed by atoms with E-state index in [0.717, 1.165) is 23.8 Å². The molecule has 28 heavy (non-hydrogen) atoms. The van der Waals surface area contributed by atoms with E-state index < -0.39 is 41.0 Å². The van der Waals surface area contributed by atoms with E-state index in [0.29, 0.717) is 10.8 Å². The number of aryl methyl sites for hydroxylation is 1. The molecule has 148 valence electrons. The SMILES string of the molecule is Cc1cc(Cl)ccc1OCC(=O)O[C@H](C)C(=O)Nc1ccc(F)c([N+](=O)[O-])c1. The van der Waals surface area contributed by atoms with E-state index in [-0.39, 0.29) is 5.69 Å². The van der Waals surface area contributed by atoms with E-state index >= 15 is 0 Å². The largest absolute Gasteiger partial charge is 0.482 e. The zero-order valence-electron chi connectivity index (χ0n) is 14.9. The highest BCUT2D eigenvalue weighted by molar-refractivity contribution is 6.30. The van der Waals surface area contributed by atoms with E-state index in [1.54, 1.807) is 25.1 Å². The summed E-state index contributed by atoms with van der Waals surface area (Å²) in [5, 5.41) is 13.6. The molecule has 1 N–H and O–H groups in total. The minimum atomic E-state index is -1.20. The molecule has 1 amide bonds. The summed E-state index contributed by atoms with van der Waals surface area (Å²) in [6.45, 7) is 2.64. The van der Waals surface area contributed by atoms with Crippen molar-refractivity contribution in [2.75, 3.05) is 11.9 Å². The summed E-state index contributed by atoms with van der Waals surface area (Å²) in [6, 6.07) is 7.75. The van der Waals surface area contributed by atoms with Crippen LogP contribution in [0.25, 0.3) is 0 Å². The molecule has 1 atom stereocenters. The maximum atomic E-state index is 13.3. The Labute approximate surface area is 164 Å². The van der Waals surface area contributed by atoms with Crippen molar-refractivity contribution in [1.29, 1.82) is 0 Å². The van der Waals surface area contributed by atoms with Crippen LogP contribution >= 0.6 is 11.6 Å². The summed E-state index contributed by atoms with van der Waals surface area (Å²) in [5.74, 6) is -2.12. The zero-order valence-corrected chi connectivity index (χ0v) is 15.7. The fourth-order valence-corrected chi connectivity index (χ4v) is 2.40. The fraction of sp³-hybridized carbons (Fsp3) is 0.222. The van der Waals surface area contributed by atoms with Gasteiger partial charge in [0.1, 0.15) is 5.75 Å². The lowest BCUT2D eigenvalue weighted by Gasteiger charge is -2.14. The number of esters is 1. The Hall–Kier alpha value is -3.20. The monoisotopic (exact) mass is 410 g/mol. The standard InChI is InChI=1S/C18H16ClFN2O6/c1-10-7-12(19)3-6-16(10)27-9-17(23)28-11(2)18(24)21-13-4-5-14(20)15(8-13)22(25)26/h3-8,11H,9H2,1-2H3,(H,21,24)/t11-/m1/s1. The van der Waals surface area contributed by atoms with E-state index in [4.69, 9.17) is 21.1 Å². The Kier molecular flexibility index (Phi) is 6.89. The number of amides is 1. The van der Waals surface area contributed by atoms with Gasteiger partial charge in [0, 0.05) is 16.8 Å². The van der Waals surface area contributed by atoms with Crippen LogP contribution in [0, 0.1) is 22.9 Å². The highest BCUT2D eigenvalue weighted by atomic mass is 35.5. The molecule has 0 unspecified atom stereocenters. The second-order valence-electron chi connectivity index (χ2n) is 5.74. The van der Waals surface area contributed by atoms with Gasteiger partial charge in [-0.15, -0.1) is 0 Å². The molecule has 0 aliphatic heterocycles. The van der Waals surface area contributed by atoms with E-state index in [1.807, 2.05) is 0 Å². The van der Waals surface area contributed by atoms with Crippen molar-refractivity contribution >= 4 is 34.9 Å². The lowest BCUT2D eigenvalue weighted by molar-refractivity contribution is -0.387. The number of nitrogens with zero attached hydrogens (tertiary/aromatic N) is 1. The smallest absolute Gasteiger partial charge is 0.344 e. The number of rotatable bonds is 7. The number of nitro groups is 1. The maximum absolute atomic E-state index is 13.3. The Morgan fingerprint density at radius 1 is 1.29 bits per heavy atom. The van der Waals surface area contributed by atoms with Crippen LogP contribution < -0.4 is 10.1 Å². The van der Waals surface area contributed by atoms with Crippen molar-refractivity contribution in [3.8, 4) is 5.75 Å². The van der Waals surface area contributed by atoms with Crippen LogP contribution in [0.15, 0.2) is 36.4 Å². The van der Waals surface area contributed by atoms with Crippen molar-refractivity contribution in [3.63, 3.8) is 0 Å². The lowest BCUT2D eigenvalue weighted by atomic mass is 10.2. The van der Waals surface area contributed by atoms with E-state index in [9.17, 15) is 24.1 Å². The number of carbonyl (C=O) groups is 2. The van der Waals surface area contributed by atoms with Gasteiger partial charge < -0.3 is 14.8 Å². The third-order valence-corrected chi connectivity index (χ3v) is 3.81. The van der Waals surface area contributed by atoms with Crippen molar-refractivity contribution in [2.24, 2.45) is 0 Å². The third kappa shape index (κ3) is 5.65. The van der Waals surface area contributed by atoms with Crippen LogP contribution in [0.2, 0.25) is 5.02 Å². The number of halogens is 2. The Bertz CT molecular complexity index is 921. The number of hydrogen-bond donors (Lipinski definition) is 1. The lowest BCUT2D eigenvalue weighted by Crippen LogP contribution is -2.31. The molecule has 0 bridgehead atoms. The number of benzene rings is 2. The molecule has 0 saturated heterocycles. The number of ether oxygens (including phenoxy) is 2.